The molecule has 1 unspecified atom stereocenters. The molecular weight excluding hydrogens is 218 g/mol. The number of alkyl halides is 1. The highest BCUT2D eigenvalue weighted by atomic mass is 79.9. The van der Waals surface area contributed by atoms with Crippen LogP contribution in [0.25, 0.3) is 0 Å². The Labute approximate surface area is 84.4 Å². The fourth-order valence-corrected chi connectivity index (χ4v) is 1.48. The number of halogens is 1. The van der Waals surface area contributed by atoms with Crippen molar-refractivity contribution in [3.8, 4) is 0 Å². The van der Waals surface area contributed by atoms with Gasteiger partial charge in [0.1, 0.15) is 0 Å². The third kappa shape index (κ3) is 8.50. The van der Waals surface area contributed by atoms with E-state index >= 15 is 0 Å². The molecule has 1 atom stereocenters. The van der Waals surface area contributed by atoms with E-state index in [0.29, 0.717) is 4.83 Å². The molecule has 0 aliphatic carbocycles. The summed E-state index contributed by atoms with van der Waals surface area (Å²) in [4.78, 5) is 2.84. The molecule has 0 aromatic heterocycles. The van der Waals surface area contributed by atoms with Crippen LogP contribution in [0, 0.1) is 0 Å². The minimum Gasteiger partial charge on any atom is -0.380 e. The van der Waals surface area contributed by atoms with Gasteiger partial charge in [0.15, 0.2) is 0 Å². The lowest BCUT2D eigenvalue weighted by Crippen LogP contribution is -2.28. The molecule has 0 aliphatic heterocycles. The van der Waals surface area contributed by atoms with Crippen LogP contribution in [0.3, 0.4) is 0 Å². The Hall–Kier alpha value is 0.400. The van der Waals surface area contributed by atoms with E-state index in [9.17, 15) is 0 Å². The highest BCUT2D eigenvalue weighted by molar-refractivity contribution is 9.09. The van der Waals surface area contributed by atoms with Gasteiger partial charge in [0, 0.05) is 24.5 Å². The van der Waals surface area contributed by atoms with Crippen molar-refractivity contribution < 1.29 is 4.74 Å². The van der Waals surface area contributed by atoms with Gasteiger partial charge in [-0.3, -0.25) is 0 Å². The molecule has 0 radical (unpaired) electrons. The van der Waals surface area contributed by atoms with E-state index in [0.717, 1.165) is 32.7 Å². The Balaban J connectivity index is 3.14. The maximum atomic E-state index is 5.38. The zero-order chi connectivity index (χ0) is 9.40. The lowest BCUT2D eigenvalue weighted by atomic mass is 10.4. The van der Waals surface area contributed by atoms with Gasteiger partial charge >= 0.3 is 0 Å². The molecular formula is C9H20BrNO. The standard InChI is InChI=1S/C9H20BrNO/c1-4-6-12-7-5-11(3)8-9(2)10/h9H,4-8H2,1-3H3. The smallest absolute Gasteiger partial charge is 0.0593 e. The van der Waals surface area contributed by atoms with E-state index in [1.165, 1.54) is 0 Å². The van der Waals surface area contributed by atoms with Crippen LogP contribution in [0.4, 0.5) is 0 Å². The normalized spacial score (nSPS) is 13.8. The van der Waals surface area contributed by atoms with E-state index in [1.54, 1.807) is 0 Å². The van der Waals surface area contributed by atoms with E-state index in [1.807, 2.05) is 0 Å². The molecule has 0 N–H and O–H groups in total. The van der Waals surface area contributed by atoms with Gasteiger partial charge in [0.05, 0.1) is 6.61 Å². The van der Waals surface area contributed by atoms with Crippen LogP contribution >= 0.6 is 15.9 Å². The first-order chi connectivity index (χ1) is 5.66. The molecule has 12 heavy (non-hydrogen) atoms. The first-order valence-corrected chi connectivity index (χ1v) is 5.48. The van der Waals surface area contributed by atoms with Crippen molar-refractivity contribution in [2.45, 2.75) is 25.1 Å². The number of hydrogen-bond donors (Lipinski definition) is 0. The number of likely N-dealkylation sites (N-methyl/N-ethyl adjacent to an activating group) is 1. The second kappa shape index (κ2) is 8.02. The average molecular weight is 238 g/mol. The van der Waals surface area contributed by atoms with Crippen molar-refractivity contribution in [2.24, 2.45) is 0 Å². The molecule has 0 saturated carbocycles. The van der Waals surface area contributed by atoms with Gasteiger partial charge in [0.2, 0.25) is 0 Å². The SMILES string of the molecule is CCCOCCN(C)CC(C)Br. The van der Waals surface area contributed by atoms with E-state index in [4.69, 9.17) is 4.74 Å². The van der Waals surface area contributed by atoms with E-state index < -0.39 is 0 Å². The Morgan fingerprint density at radius 2 is 2.08 bits per heavy atom. The number of ether oxygens (including phenoxy) is 1. The second-order valence-electron chi connectivity index (χ2n) is 3.16. The third-order valence-electron chi connectivity index (χ3n) is 1.53. The molecule has 0 amide bonds. The molecule has 0 heterocycles. The monoisotopic (exact) mass is 237 g/mol. The van der Waals surface area contributed by atoms with Gasteiger partial charge in [0.25, 0.3) is 0 Å². The lowest BCUT2D eigenvalue weighted by Gasteiger charge is -2.17. The summed E-state index contributed by atoms with van der Waals surface area (Å²) in [6, 6.07) is 0. The summed E-state index contributed by atoms with van der Waals surface area (Å²) in [5, 5.41) is 0. The lowest BCUT2D eigenvalue weighted by molar-refractivity contribution is 0.112. The van der Waals surface area contributed by atoms with Crippen molar-refractivity contribution in [3.63, 3.8) is 0 Å². The third-order valence-corrected chi connectivity index (χ3v) is 1.82. The van der Waals surface area contributed by atoms with Crippen molar-refractivity contribution >= 4 is 15.9 Å². The molecule has 0 spiro atoms. The molecule has 0 fully saturated rings. The first kappa shape index (κ1) is 12.4. The fraction of sp³-hybridized carbons (Fsp3) is 1.00. The summed E-state index contributed by atoms with van der Waals surface area (Å²) in [5.41, 5.74) is 0. The summed E-state index contributed by atoms with van der Waals surface area (Å²) >= 11 is 3.52. The van der Waals surface area contributed by atoms with Gasteiger partial charge in [-0.05, 0) is 13.5 Å². The Morgan fingerprint density at radius 3 is 2.58 bits per heavy atom. The summed E-state index contributed by atoms with van der Waals surface area (Å²) in [6.07, 6.45) is 1.11. The first-order valence-electron chi connectivity index (χ1n) is 4.57. The Kier molecular flexibility index (Phi) is 8.29. The van der Waals surface area contributed by atoms with Gasteiger partial charge in [-0.15, -0.1) is 0 Å². The predicted molar refractivity (Wildman–Crippen MR) is 57.0 cm³/mol. The largest absolute Gasteiger partial charge is 0.380 e. The molecule has 3 heteroatoms. The zero-order valence-corrected chi connectivity index (χ0v) is 9.93. The molecule has 74 valence electrons. The molecule has 2 nitrogen and oxygen atoms in total. The minimum absolute atomic E-state index is 0.564. The van der Waals surface area contributed by atoms with Crippen LogP contribution in [-0.4, -0.2) is 43.1 Å². The van der Waals surface area contributed by atoms with Crippen molar-refractivity contribution in [1.29, 1.82) is 0 Å². The van der Waals surface area contributed by atoms with Gasteiger partial charge in [-0.25, -0.2) is 0 Å². The topological polar surface area (TPSA) is 12.5 Å². The molecule has 0 aromatic carbocycles. The highest BCUT2D eigenvalue weighted by Gasteiger charge is 2.01. The van der Waals surface area contributed by atoms with Crippen LogP contribution in [0.5, 0.6) is 0 Å². The van der Waals surface area contributed by atoms with Crippen molar-refractivity contribution in [3.05, 3.63) is 0 Å². The van der Waals surface area contributed by atoms with Gasteiger partial charge in [-0.1, -0.05) is 29.8 Å². The minimum atomic E-state index is 0.564. The fourth-order valence-electron chi connectivity index (χ4n) is 0.988. The predicted octanol–water partition coefficient (Wildman–Crippen LogP) is 2.13. The van der Waals surface area contributed by atoms with Crippen LogP contribution in [0.2, 0.25) is 0 Å². The Bertz CT molecular complexity index is 98.5. The molecule has 0 aliphatic rings. The summed E-state index contributed by atoms with van der Waals surface area (Å²) in [5.74, 6) is 0. The molecule has 0 bridgehead atoms. The van der Waals surface area contributed by atoms with E-state index in [-0.39, 0.29) is 0 Å². The number of rotatable bonds is 7. The quantitative estimate of drug-likeness (QED) is 0.497. The number of nitrogens with zero attached hydrogens (tertiary/aromatic N) is 1. The summed E-state index contributed by atoms with van der Waals surface area (Å²) < 4.78 is 5.38. The second-order valence-corrected chi connectivity index (χ2v) is 4.72. The van der Waals surface area contributed by atoms with E-state index in [2.05, 4.69) is 41.7 Å². The summed E-state index contributed by atoms with van der Waals surface area (Å²) in [7, 11) is 2.12. The van der Waals surface area contributed by atoms with Gasteiger partial charge < -0.3 is 9.64 Å². The zero-order valence-electron chi connectivity index (χ0n) is 8.35. The molecule has 0 saturated heterocycles. The summed E-state index contributed by atoms with van der Waals surface area (Å²) in [6.45, 7) is 8.13. The highest BCUT2D eigenvalue weighted by Crippen LogP contribution is 1.98. The van der Waals surface area contributed by atoms with Crippen LogP contribution < -0.4 is 0 Å². The molecule has 0 aromatic rings. The van der Waals surface area contributed by atoms with Crippen molar-refractivity contribution in [1.82, 2.24) is 4.90 Å². The van der Waals surface area contributed by atoms with Gasteiger partial charge in [-0.2, -0.15) is 0 Å². The van der Waals surface area contributed by atoms with Crippen molar-refractivity contribution in [2.75, 3.05) is 33.4 Å². The van der Waals surface area contributed by atoms with Crippen LogP contribution in [-0.2, 0) is 4.74 Å². The van der Waals surface area contributed by atoms with Crippen LogP contribution in [0.1, 0.15) is 20.3 Å². The average Bonchev–Trinajstić information content (AvgIpc) is 1.97. The number of hydrogen-bond acceptors (Lipinski definition) is 2. The molecule has 0 rings (SSSR count). The maximum absolute atomic E-state index is 5.38. The Morgan fingerprint density at radius 1 is 1.42 bits per heavy atom. The van der Waals surface area contributed by atoms with Crippen LogP contribution in [0.15, 0.2) is 0 Å². The maximum Gasteiger partial charge on any atom is 0.0593 e.